The molecule has 0 heterocycles. The van der Waals surface area contributed by atoms with Crippen LogP contribution in [0.4, 0.5) is 0 Å². The third kappa shape index (κ3) is 2.51. The van der Waals surface area contributed by atoms with Gasteiger partial charge in [0.15, 0.2) is 0 Å². The summed E-state index contributed by atoms with van der Waals surface area (Å²) in [5, 5.41) is 20.4. The quantitative estimate of drug-likeness (QED) is 0.490. The summed E-state index contributed by atoms with van der Waals surface area (Å²) in [7, 11) is 0. The average molecular weight is 260 g/mol. The highest BCUT2D eigenvalue weighted by Gasteiger charge is 2.62. The predicted octanol–water partition coefficient (Wildman–Crippen LogP) is -1.01. The molecule has 106 valence electrons. The smallest absolute Gasteiger partial charge is 0.240 e. The number of nitrogens with one attached hydrogen (secondary N) is 1. The third-order valence-electron chi connectivity index (χ3n) is 3.94. The van der Waals surface area contributed by atoms with Gasteiger partial charge in [0.05, 0.1) is 18.8 Å². The van der Waals surface area contributed by atoms with Crippen molar-refractivity contribution in [3.63, 3.8) is 0 Å². The predicted molar refractivity (Wildman–Crippen MR) is 66.8 cm³/mol. The van der Waals surface area contributed by atoms with E-state index in [0.717, 1.165) is 0 Å². The van der Waals surface area contributed by atoms with Gasteiger partial charge in [-0.25, -0.2) is 0 Å². The topological polar surface area (TPSA) is 105 Å². The lowest BCUT2D eigenvalue weighted by molar-refractivity contribution is -0.171. The van der Waals surface area contributed by atoms with E-state index in [1.54, 1.807) is 0 Å². The number of hydrogen-bond donors (Lipinski definition) is 4. The normalized spacial score (nSPS) is 31.6. The highest BCUT2D eigenvalue weighted by molar-refractivity contribution is 5.88. The maximum absolute atomic E-state index is 12.0. The molecule has 6 heteroatoms. The van der Waals surface area contributed by atoms with Crippen LogP contribution in [0.3, 0.4) is 0 Å². The fraction of sp³-hybridized carbons (Fsp3) is 0.917. The Morgan fingerprint density at radius 3 is 2.67 bits per heavy atom. The van der Waals surface area contributed by atoms with Gasteiger partial charge in [-0.05, 0) is 6.92 Å². The molecule has 6 nitrogen and oxygen atoms in total. The number of carbonyl (C=O) groups is 1. The summed E-state index contributed by atoms with van der Waals surface area (Å²) in [6, 6.07) is 0. The first-order valence-electron chi connectivity index (χ1n) is 6.27. The van der Waals surface area contributed by atoms with Crippen molar-refractivity contribution in [2.75, 3.05) is 19.8 Å². The van der Waals surface area contributed by atoms with E-state index >= 15 is 0 Å². The lowest BCUT2D eigenvalue weighted by Crippen LogP contribution is -2.76. The Labute approximate surface area is 108 Å². The summed E-state index contributed by atoms with van der Waals surface area (Å²) in [5.41, 5.74) is 4.71. The Kier molecular flexibility index (Phi) is 4.72. The monoisotopic (exact) mass is 260 g/mol. The van der Waals surface area contributed by atoms with Crippen LogP contribution in [0, 0.1) is 5.41 Å². The fourth-order valence-electron chi connectivity index (χ4n) is 2.25. The van der Waals surface area contributed by atoms with Gasteiger partial charge in [0.25, 0.3) is 0 Å². The first kappa shape index (κ1) is 15.4. The minimum atomic E-state index is -0.984. The van der Waals surface area contributed by atoms with Crippen LogP contribution in [0.5, 0.6) is 0 Å². The molecule has 1 aliphatic rings. The summed E-state index contributed by atoms with van der Waals surface area (Å²) in [4.78, 5) is 12.0. The van der Waals surface area contributed by atoms with Gasteiger partial charge in [-0.15, -0.1) is 0 Å². The second-order valence-corrected chi connectivity index (χ2v) is 5.39. The maximum atomic E-state index is 12.0. The zero-order chi connectivity index (χ0) is 14.0. The van der Waals surface area contributed by atoms with Crippen LogP contribution in [0.1, 0.15) is 27.2 Å². The van der Waals surface area contributed by atoms with Crippen molar-refractivity contribution in [2.24, 2.45) is 11.1 Å². The molecule has 3 atom stereocenters. The molecule has 0 aromatic rings. The van der Waals surface area contributed by atoms with Crippen LogP contribution in [0.25, 0.3) is 0 Å². The largest absolute Gasteiger partial charge is 0.394 e. The number of rotatable bonds is 6. The summed E-state index contributed by atoms with van der Waals surface area (Å²) >= 11 is 0. The van der Waals surface area contributed by atoms with Crippen molar-refractivity contribution in [2.45, 2.75) is 44.9 Å². The average Bonchev–Trinajstić information content (AvgIpc) is 2.34. The standard InChI is InChI=1S/C12H24N2O4/c1-4-18-9-5-12(13,11(9,2)3)10(17)14-6-8(16)7-15/h8-9,15-16H,4-7,13H2,1-3H3,(H,14,17). The molecule has 0 aliphatic heterocycles. The van der Waals surface area contributed by atoms with Gasteiger partial charge < -0.3 is 26.0 Å². The molecule has 1 rings (SSSR count). The summed E-state index contributed by atoms with van der Waals surface area (Å²) < 4.78 is 5.54. The molecule has 1 saturated carbocycles. The highest BCUT2D eigenvalue weighted by Crippen LogP contribution is 2.49. The minimum absolute atomic E-state index is 0.00364. The van der Waals surface area contributed by atoms with E-state index in [-0.39, 0.29) is 25.2 Å². The Hall–Kier alpha value is -0.690. The number of aliphatic hydroxyl groups excluding tert-OH is 2. The molecule has 0 bridgehead atoms. The van der Waals surface area contributed by atoms with Crippen molar-refractivity contribution >= 4 is 5.91 Å². The van der Waals surface area contributed by atoms with Crippen molar-refractivity contribution in [3.8, 4) is 0 Å². The highest BCUT2D eigenvalue weighted by atomic mass is 16.5. The maximum Gasteiger partial charge on any atom is 0.240 e. The number of carbonyl (C=O) groups excluding carboxylic acids is 1. The van der Waals surface area contributed by atoms with E-state index in [0.29, 0.717) is 13.0 Å². The van der Waals surface area contributed by atoms with E-state index in [4.69, 9.17) is 15.6 Å². The van der Waals surface area contributed by atoms with Crippen molar-refractivity contribution in [1.82, 2.24) is 5.32 Å². The molecule has 3 unspecified atom stereocenters. The number of hydrogen-bond acceptors (Lipinski definition) is 5. The number of nitrogens with two attached hydrogens (primary N) is 1. The molecule has 0 spiro atoms. The van der Waals surface area contributed by atoms with Gasteiger partial charge in [0, 0.05) is 25.0 Å². The van der Waals surface area contributed by atoms with Crippen LogP contribution in [0.2, 0.25) is 0 Å². The van der Waals surface area contributed by atoms with E-state index < -0.39 is 17.1 Å². The molecule has 0 aromatic carbocycles. The minimum Gasteiger partial charge on any atom is -0.394 e. The van der Waals surface area contributed by atoms with Crippen molar-refractivity contribution < 1.29 is 19.7 Å². The molecule has 5 N–H and O–H groups in total. The van der Waals surface area contributed by atoms with Crippen LogP contribution in [-0.2, 0) is 9.53 Å². The van der Waals surface area contributed by atoms with Gasteiger partial charge in [-0.1, -0.05) is 13.8 Å². The summed E-state index contributed by atoms with van der Waals surface area (Å²) in [6.45, 7) is 5.92. The van der Waals surface area contributed by atoms with E-state index in [1.165, 1.54) is 0 Å². The fourth-order valence-corrected chi connectivity index (χ4v) is 2.25. The number of ether oxygens (including phenoxy) is 1. The van der Waals surface area contributed by atoms with Gasteiger partial charge in [-0.2, -0.15) is 0 Å². The molecule has 1 fully saturated rings. The molecule has 0 radical (unpaired) electrons. The molecule has 18 heavy (non-hydrogen) atoms. The summed E-state index contributed by atoms with van der Waals surface area (Å²) in [5.74, 6) is -0.309. The van der Waals surface area contributed by atoms with Crippen molar-refractivity contribution in [1.29, 1.82) is 0 Å². The number of amides is 1. The lowest BCUT2D eigenvalue weighted by atomic mass is 9.54. The van der Waals surface area contributed by atoms with Gasteiger partial charge in [0.1, 0.15) is 5.54 Å². The third-order valence-corrected chi connectivity index (χ3v) is 3.94. The lowest BCUT2D eigenvalue weighted by Gasteiger charge is -2.57. The molecular weight excluding hydrogens is 236 g/mol. The molecular formula is C12H24N2O4. The summed E-state index contributed by atoms with van der Waals surface area (Å²) in [6.07, 6.45) is -0.515. The van der Waals surface area contributed by atoms with E-state index in [2.05, 4.69) is 5.32 Å². The number of aliphatic hydroxyl groups is 2. The van der Waals surface area contributed by atoms with E-state index in [1.807, 2.05) is 20.8 Å². The van der Waals surface area contributed by atoms with Crippen LogP contribution in [0.15, 0.2) is 0 Å². The van der Waals surface area contributed by atoms with Crippen LogP contribution >= 0.6 is 0 Å². The molecule has 1 aliphatic carbocycles. The van der Waals surface area contributed by atoms with Gasteiger partial charge in [-0.3, -0.25) is 4.79 Å². The van der Waals surface area contributed by atoms with Gasteiger partial charge >= 0.3 is 0 Å². The SMILES string of the molecule is CCOC1CC(N)(C(=O)NCC(O)CO)C1(C)C. The zero-order valence-electron chi connectivity index (χ0n) is 11.3. The van der Waals surface area contributed by atoms with E-state index in [9.17, 15) is 9.90 Å². The van der Waals surface area contributed by atoms with Crippen LogP contribution in [-0.4, -0.2) is 53.6 Å². The molecule has 1 amide bonds. The Balaban J connectivity index is 2.58. The second kappa shape index (κ2) is 5.52. The molecule has 0 saturated heterocycles. The second-order valence-electron chi connectivity index (χ2n) is 5.39. The first-order chi connectivity index (χ1) is 8.29. The van der Waals surface area contributed by atoms with Gasteiger partial charge in [0.2, 0.25) is 5.91 Å². The Morgan fingerprint density at radius 2 is 2.22 bits per heavy atom. The Morgan fingerprint density at radius 1 is 1.61 bits per heavy atom. The Bertz CT molecular complexity index is 308. The van der Waals surface area contributed by atoms with Crippen LogP contribution < -0.4 is 11.1 Å². The zero-order valence-corrected chi connectivity index (χ0v) is 11.3. The molecule has 0 aromatic heterocycles. The van der Waals surface area contributed by atoms with Crippen molar-refractivity contribution in [3.05, 3.63) is 0 Å². The first-order valence-corrected chi connectivity index (χ1v) is 6.27.